The molecule has 0 radical (unpaired) electrons. The molecule has 0 spiro atoms. The quantitative estimate of drug-likeness (QED) is 0.496. The van der Waals surface area contributed by atoms with Gasteiger partial charge in [0.05, 0.1) is 20.1 Å². The number of rotatable bonds is 5. The number of esters is 2. The number of hydrogen-bond acceptors (Lipinski definition) is 4. The molecule has 4 heteroatoms. The lowest BCUT2D eigenvalue weighted by atomic mass is 10.0. The minimum absolute atomic E-state index is 0.221. The van der Waals surface area contributed by atoms with Gasteiger partial charge in [-0.25, -0.2) is 4.79 Å². The van der Waals surface area contributed by atoms with Crippen LogP contribution >= 0.6 is 0 Å². The fourth-order valence-corrected chi connectivity index (χ4v) is 0.956. The highest BCUT2D eigenvalue weighted by Gasteiger charge is 2.15. The van der Waals surface area contributed by atoms with Gasteiger partial charge in [0.15, 0.2) is 0 Å². The SMILES string of the molecule is C=C(CC[C@@H](C)C(=O)OC)C(=O)OC. The smallest absolute Gasteiger partial charge is 0.333 e. The molecule has 0 aromatic rings. The minimum Gasteiger partial charge on any atom is -0.469 e. The van der Waals surface area contributed by atoms with Gasteiger partial charge < -0.3 is 9.47 Å². The van der Waals surface area contributed by atoms with Crippen LogP contribution in [0.4, 0.5) is 0 Å². The van der Waals surface area contributed by atoms with Gasteiger partial charge in [-0.2, -0.15) is 0 Å². The molecule has 0 aromatic carbocycles. The Morgan fingerprint density at radius 1 is 1.29 bits per heavy atom. The van der Waals surface area contributed by atoms with Crippen LogP contribution in [0.25, 0.3) is 0 Å². The van der Waals surface area contributed by atoms with Crippen molar-refractivity contribution in [2.75, 3.05) is 14.2 Å². The van der Waals surface area contributed by atoms with Gasteiger partial charge in [-0.3, -0.25) is 4.79 Å². The van der Waals surface area contributed by atoms with E-state index in [0.717, 1.165) is 0 Å². The molecule has 1 atom stereocenters. The number of ether oxygens (including phenoxy) is 2. The van der Waals surface area contributed by atoms with Gasteiger partial charge >= 0.3 is 11.9 Å². The van der Waals surface area contributed by atoms with Gasteiger partial charge in [0.25, 0.3) is 0 Å². The molecule has 0 aliphatic carbocycles. The third kappa shape index (κ3) is 4.07. The maximum absolute atomic E-state index is 11.0. The summed E-state index contributed by atoms with van der Waals surface area (Å²) in [5, 5.41) is 0. The summed E-state index contributed by atoms with van der Waals surface area (Å²) in [5.74, 6) is -0.925. The van der Waals surface area contributed by atoms with E-state index in [4.69, 9.17) is 0 Å². The average molecular weight is 200 g/mol. The van der Waals surface area contributed by atoms with Crippen molar-refractivity contribution in [3.8, 4) is 0 Å². The summed E-state index contributed by atoms with van der Waals surface area (Å²) < 4.78 is 9.02. The maximum Gasteiger partial charge on any atom is 0.333 e. The second-order valence-corrected chi connectivity index (χ2v) is 3.06. The lowest BCUT2D eigenvalue weighted by Gasteiger charge is -2.08. The average Bonchev–Trinajstić information content (AvgIpc) is 2.22. The molecule has 4 nitrogen and oxygen atoms in total. The second-order valence-electron chi connectivity index (χ2n) is 3.06. The zero-order valence-electron chi connectivity index (χ0n) is 8.83. The van der Waals surface area contributed by atoms with Crippen LogP contribution in [0.1, 0.15) is 19.8 Å². The van der Waals surface area contributed by atoms with E-state index in [0.29, 0.717) is 18.4 Å². The van der Waals surface area contributed by atoms with Crippen molar-refractivity contribution in [1.29, 1.82) is 0 Å². The van der Waals surface area contributed by atoms with E-state index in [1.807, 2.05) is 0 Å². The molecule has 0 heterocycles. The molecular formula is C10H16O4. The van der Waals surface area contributed by atoms with Gasteiger partial charge in [-0.1, -0.05) is 13.5 Å². The molecule has 0 fully saturated rings. The lowest BCUT2D eigenvalue weighted by Crippen LogP contribution is -2.14. The van der Waals surface area contributed by atoms with Crippen molar-refractivity contribution < 1.29 is 19.1 Å². The predicted molar refractivity (Wildman–Crippen MR) is 51.6 cm³/mol. The topological polar surface area (TPSA) is 52.6 Å². The normalized spacial score (nSPS) is 11.6. The van der Waals surface area contributed by atoms with Crippen LogP contribution in [0.15, 0.2) is 12.2 Å². The Kier molecular flexibility index (Phi) is 5.60. The molecule has 0 rings (SSSR count). The van der Waals surface area contributed by atoms with Crippen LogP contribution in [0.5, 0.6) is 0 Å². The number of carbonyl (C=O) groups is 2. The summed E-state index contributed by atoms with van der Waals surface area (Å²) in [5.41, 5.74) is 0.378. The van der Waals surface area contributed by atoms with E-state index in [1.54, 1.807) is 6.92 Å². The standard InChI is InChI=1S/C10H16O4/c1-7(9(11)13-3)5-6-8(2)10(12)14-4/h8H,1,5-6H2,2-4H3/t8-/m1/s1. The van der Waals surface area contributed by atoms with Crippen LogP contribution in [0.2, 0.25) is 0 Å². The lowest BCUT2D eigenvalue weighted by molar-refractivity contribution is -0.145. The van der Waals surface area contributed by atoms with Gasteiger partial charge in [0.1, 0.15) is 0 Å². The molecule has 0 aromatic heterocycles. The third-order valence-electron chi connectivity index (χ3n) is 1.96. The Bertz CT molecular complexity index is 232. The van der Waals surface area contributed by atoms with Crippen LogP contribution in [0, 0.1) is 5.92 Å². The Balaban J connectivity index is 3.88. The Labute approximate surface area is 83.9 Å². The molecule has 0 aliphatic rings. The van der Waals surface area contributed by atoms with E-state index < -0.39 is 5.97 Å². The Hall–Kier alpha value is -1.32. The first-order valence-electron chi connectivity index (χ1n) is 4.36. The van der Waals surface area contributed by atoms with Crippen LogP contribution in [0.3, 0.4) is 0 Å². The highest BCUT2D eigenvalue weighted by molar-refractivity contribution is 5.87. The summed E-state index contributed by atoms with van der Waals surface area (Å²) in [6.07, 6.45) is 0.990. The Morgan fingerprint density at radius 3 is 2.29 bits per heavy atom. The number of hydrogen-bond donors (Lipinski definition) is 0. The van der Waals surface area contributed by atoms with Crippen molar-refractivity contribution in [1.82, 2.24) is 0 Å². The second kappa shape index (κ2) is 6.18. The molecule has 0 N–H and O–H groups in total. The van der Waals surface area contributed by atoms with Gasteiger partial charge in [0.2, 0.25) is 0 Å². The van der Waals surface area contributed by atoms with Crippen molar-refractivity contribution in [2.24, 2.45) is 5.92 Å². The fraction of sp³-hybridized carbons (Fsp3) is 0.600. The maximum atomic E-state index is 11.0. The molecule has 0 unspecified atom stereocenters. The molecule has 14 heavy (non-hydrogen) atoms. The highest BCUT2D eigenvalue weighted by Crippen LogP contribution is 2.12. The first-order valence-corrected chi connectivity index (χ1v) is 4.36. The van der Waals surface area contributed by atoms with Crippen molar-refractivity contribution >= 4 is 11.9 Å². The van der Waals surface area contributed by atoms with Crippen LogP contribution < -0.4 is 0 Å². The summed E-state index contributed by atoms with van der Waals surface area (Å²) in [4.78, 5) is 21.9. The zero-order valence-corrected chi connectivity index (χ0v) is 8.83. The third-order valence-corrected chi connectivity index (χ3v) is 1.96. The largest absolute Gasteiger partial charge is 0.469 e. The van der Waals surface area contributed by atoms with Crippen LogP contribution in [-0.4, -0.2) is 26.2 Å². The van der Waals surface area contributed by atoms with E-state index in [9.17, 15) is 9.59 Å². The molecule has 0 saturated heterocycles. The molecule has 0 bridgehead atoms. The Morgan fingerprint density at radius 2 is 1.86 bits per heavy atom. The van der Waals surface area contributed by atoms with Crippen LogP contribution in [-0.2, 0) is 19.1 Å². The molecule has 0 saturated carbocycles. The van der Waals surface area contributed by atoms with Gasteiger partial charge in [-0.15, -0.1) is 0 Å². The van der Waals surface area contributed by atoms with E-state index in [2.05, 4.69) is 16.1 Å². The zero-order chi connectivity index (χ0) is 11.1. The predicted octanol–water partition coefficient (Wildman–Crippen LogP) is 1.30. The van der Waals surface area contributed by atoms with E-state index in [-0.39, 0.29) is 11.9 Å². The van der Waals surface area contributed by atoms with Gasteiger partial charge in [-0.05, 0) is 12.8 Å². The summed E-state index contributed by atoms with van der Waals surface area (Å²) >= 11 is 0. The van der Waals surface area contributed by atoms with Crippen molar-refractivity contribution in [2.45, 2.75) is 19.8 Å². The fourth-order valence-electron chi connectivity index (χ4n) is 0.956. The first-order chi connectivity index (χ1) is 6.52. The summed E-state index contributed by atoms with van der Waals surface area (Å²) in [6, 6.07) is 0. The van der Waals surface area contributed by atoms with Gasteiger partial charge in [0, 0.05) is 5.57 Å². The molecular weight excluding hydrogens is 184 g/mol. The van der Waals surface area contributed by atoms with Crippen molar-refractivity contribution in [3.05, 3.63) is 12.2 Å². The highest BCUT2D eigenvalue weighted by atomic mass is 16.5. The monoisotopic (exact) mass is 200 g/mol. The van der Waals surface area contributed by atoms with Crippen molar-refractivity contribution in [3.63, 3.8) is 0 Å². The minimum atomic E-state index is -0.429. The molecule has 80 valence electrons. The number of methoxy groups -OCH3 is 2. The summed E-state index contributed by atoms with van der Waals surface area (Å²) in [6.45, 7) is 5.30. The summed E-state index contributed by atoms with van der Waals surface area (Å²) in [7, 11) is 2.64. The van der Waals surface area contributed by atoms with E-state index in [1.165, 1.54) is 14.2 Å². The van der Waals surface area contributed by atoms with E-state index >= 15 is 0 Å². The first kappa shape index (κ1) is 12.7. The molecule has 0 amide bonds. The molecule has 0 aliphatic heterocycles. The number of carbonyl (C=O) groups excluding carboxylic acids is 2.